The average Bonchev–Trinajstić information content (AvgIpc) is 2.68. The molecule has 0 radical (unpaired) electrons. The highest BCUT2D eigenvalue weighted by atomic mass is 35.5. The lowest BCUT2D eigenvalue weighted by molar-refractivity contribution is -0.117. The van der Waals surface area contributed by atoms with Crippen molar-refractivity contribution >= 4 is 38.9 Å². The van der Waals surface area contributed by atoms with E-state index < -0.39 is 15.8 Å². The second-order valence-corrected chi connectivity index (χ2v) is 9.62. The molecule has 0 bridgehead atoms. The highest BCUT2D eigenvalue weighted by Crippen LogP contribution is 2.28. The van der Waals surface area contributed by atoms with Crippen LogP contribution in [0.5, 0.6) is 0 Å². The minimum atomic E-state index is -3.76. The van der Waals surface area contributed by atoms with Gasteiger partial charge in [-0.1, -0.05) is 17.7 Å². The van der Waals surface area contributed by atoms with Crippen molar-refractivity contribution in [1.82, 2.24) is 9.21 Å². The van der Waals surface area contributed by atoms with Crippen LogP contribution in [-0.2, 0) is 14.8 Å². The molecule has 1 aliphatic rings. The van der Waals surface area contributed by atoms with Crippen molar-refractivity contribution in [2.45, 2.75) is 4.90 Å². The van der Waals surface area contributed by atoms with Crippen molar-refractivity contribution in [2.75, 3.05) is 57.0 Å². The normalized spacial score (nSPS) is 15.7. The van der Waals surface area contributed by atoms with Crippen molar-refractivity contribution in [3.63, 3.8) is 0 Å². The molecule has 0 aromatic heterocycles. The molecule has 0 spiro atoms. The molecule has 162 valence electrons. The molecule has 1 N–H and O–H groups in total. The Balaban J connectivity index is 1.59. The molecule has 1 saturated heterocycles. The van der Waals surface area contributed by atoms with Crippen LogP contribution < -0.4 is 10.2 Å². The summed E-state index contributed by atoms with van der Waals surface area (Å²) < 4.78 is 40.1. The summed E-state index contributed by atoms with van der Waals surface area (Å²) in [7, 11) is -0.0146. The average molecular weight is 455 g/mol. The van der Waals surface area contributed by atoms with Gasteiger partial charge in [-0.05, 0) is 36.4 Å². The molecule has 1 heterocycles. The highest BCUT2D eigenvalue weighted by molar-refractivity contribution is 7.89. The summed E-state index contributed by atoms with van der Waals surface area (Å²) in [6, 6.07) is 10.3. The molecule has 0 saturated carbocycles. The van der Waals surface area contributed by atoms with Crippen LogP contribution in [0.2, 0.25) is 5.02 Å². The van der Waals surface area contributed by atoms with Gasteiger partial charge in [0, 0.05) is 45.3 Å². The standard InChI is InChI=1S/C20H24ClFN4O3S/c1-24(2)19-7-6-15(21)12-18(19)23-20(27)14-25-8-10-26(11-9-25)30(28,29)17-5-3-4-16(22)13-17/h3-7,12-13H,8-11,14H2,1-2H3,(H,23,27). The Bertz CT molecular complexity index is 1020. The van der Waals surface area contributed by atoms with Gasteiger partial charge in [-0.2, -0.15) is 4.31 Å². The van der Waals surface area contributed by atoms with Crippen molar-refractivity contribution in [3.05, 3.63) is 53.3 Å². The van der Waals surface area contributed by atoms with Gasteiger partial charge >= 0.3 is 0 Å². The highest BCUT2D eigenvalue weighted by Gasteiger charge is 2.29. The van der Waals surface area contributed by atoms with Crippen LogP contribution in [0, 0.1) is 5.82 Å². The number of anilines is 2. The Morgan fingerprint density at radius 3 is 2.47 bits per heavy atom. The Hall–Kier alpha value is -2.20. The van der Waals surface area contributed by atoms with Crippen molar-refractivity contribution < 1.29 is 17.6 Å². The summed E-state index contributed by atoms with van der Waals surface area (Å²) in [6.07, 6.45) is 0. The minimum Gasteiger partial charge on any atom is -0.376 e. The number of benzene rings is 2. The van der Waals surface area contributed by atoms with E-state index in [0.717, 1.165) is 11.8 Å². The monoisotopic (exact) mass is 454 g/mol. The van der Waals surface area contributed by atoms with Crippen LogP contribution in [0.15, 0.2) is 47.4 Å². The maximum Gasteiger partial charge on any atom is 0.243 e. The number of nitrogens with one attached hydrogen (secondary N) is 1. The van der Waals surface area contributed by atoms with Gasteiger partial charge in [0.15, 0.2) is 0 Å². The van der Waals surface area contributed by atoms with Crippen LogP contribution in [0.25, 0.3) is 0 Å². The Kier molecular flexibility index (Phi) is 6.97. The van der Waals surface area contributed by atoms with Crippen LogP contribution >= 0.6 is 11.6 Å². The molecule has 10 heteroatoms. The van der Waals surface area contributed by atoms with Crippen LogP contribution in [0.1, 0.15) is 0 Å². The smallest absolute Gasteiger partial charge is 0.243 e. The zero-order valence-corrected chi connectivity index (χ0v) is 18.4. The molecule has 0 atom stereocenters. The van der Waals surface area contributed by atoms with E-state index in [2.05, 4.69) is 5.32 Å². The molecular weight excluding hydrogens is 431 g/mol. The molecule has 3 rings (SSSR count). The molecule has 30 heavy (non-hydrogen) atoms. The first kappa shape index (κ1) is 22.5. The summed E-state index contributed by atoms with van der Waals surface area (Å²) in [5, 5.41) is 3.39. The maximum absolute atomic E-state index is 13.4. The van der Waals surface area contributed by atoms with Crippen LogP contribution in [0.3, 0.4) is 0 Å². The maximum atomic E-state index is 13.4. The number of sulfonamides is 1. The summed E-state index contributed by atoms with van der Waals surface area (Å²) in [5.41, 5.74) is 1.45. The lowest BCUT2D eigenvalue weighted by Crippen LogP contribution is -2.50. The SMILES string of the molecule is CN(C)c1ccc(Cl)cc1NC(=O)CN1CCN(S(=O)(=O)c2cccc(F)c2)CC1. The van der Waals surface area contributed by atoms with E-state index in [1.807, 2.05) is 30.0 Å². The summed E-state index contributed by atoms with van der Waals surface area (Å²) in [4.78, 5) is 16.2. The Labute approximate surface area is 181 Å². The number of piperazine rings is 1. The van der Waals surface area contributed by atoms with E-state index in [-0.39, 0.29) is 30.4 Å². The molecule has 0 aliphatic carbocycles. The Morgan fingerprint density at radius 1 is 1.13 bits per heavy atom. The number of carbonyl (C=O) groups is 1. The van der Waals surface area contributed by atoms with Gasteiger partial charge in [-0.25, -0.2) is 12.8 Å². The summed E-state index contributed by atoms with van der Waals surface area (Å²) >= 11 is 6.05. The number of carbonyl (C=O) groups excluding carboxylic acids is 1. The number of hydrogen-bond donors (Lipinski definition) is 1. The summed E-state index contributed by atoms with van der Waals surface area (Å²) in [5.74, 6) is -0.800. The first-order chi connectivity index (χ1) is 14.2. The molecule has 2 aromatic rings. The zero-order valence-electron chi connectivity index (χ0n) is 16.8. The lowest BCUT2D eigenvalue weighted by atomic mass is 10.2. The largest absolute Gasteiger partial charge is 0.376 e. The first-order valence-corrected chi connectivity index (χ1v) is 11.2. The predicted molar refractivity (Wildman–Crippen MR) is 116 cm³/mol. The third-order valence-electron chi connectivity index (χ3n) is 4.85. The second-order valence-electron chi connectivity index (χ2n) is 7.24. The number of amides is 1. The fourth-order valence-corrected chi connectivity index (χ4v) is 4.92. The summed E-state index contributed by atoms with van der Waals surface area (Å²) in [6.45, 7) is 1.39. The fraction of sp³-hybridized carbons (Fsp3) is 0.350. The van der Waals surface area contributed by atoms with Gasteiger partial charge in [0.05, 0.1) is 22.8 Å². The van der Waals surface area contributed by atoms with Gasteiger partial charge in [0.1, 0.15) is 5.82 Å². The predicted octanol–water partition coefficient (Wildman–Crippen LogP) is 2.49. The van der Waals surface area contributed by atoms with Gasteiger partial charge in [-0.3, -0.25) is 9.69 Å². The van der Waals surface area contributed by atoms with Crippen LogP contribution in [0.4, 0.5) is 15.8 Å². The van der Waals surface area contributed by atoms with E-state index in [1.54, 1.807) is 12.1 Å². The molecule has 2 aromatic carbocycles. The number of halogens is 2. The number of hydrogen-bond acceptors (Lipinski definition) is 5. The molecule has 1 amide bonds. The van der Waals surface area contributed by atoms with E-state index in [9.17, 15) is 17.6 Å². The van der Waals surface area contributed by atoms with Gasteiger partial charge in [0.2, 0.25) is 15.9 Å². The molecule has 0 unspecified atom stereocenters. The minimum absolute atomic E-state index is 0.0640. The third kappa shape index (κ3) is 5.28. The molecule has 1 fully saturated rings. The van der Waals surface area contributed by atoms with E-state index >= 15 is 0 Å². The topological polar surface area (TPSA) is 73.0 Å². The van der Waals surface area contributed by atoms with Gasteiger partial charge in [-0.15, -0.1) is 0 Å². The van der Waals surface area contributed by atoms with Crippen LogP contribution in [-0.4, -0.2) is 70.3 Å². The van der Waals surface area contributed by atoms with Gasteiger partial charge in [0.25, 0.3) is 0 Å². The van der Waals surface area contributed by atoms with Gasteiger partial charge < -0.3 is 10.2 Å². The number of rotatable bonds is 6. The van der Waals surface area contributed by atoms with Crippen molar-refractivity contribution in [2.24, 2.45) is 0 Å². The lowest BCUT2D eigenvalue weighted by Gasteiger charge is -2.33. The molecule has 7 nitrogen and oxygen atoms in total. The third-order valence-corrected chi connectivity index (χ3v) is 6.98. The quantitative estimate of drug-likeness (QED) is 0.726. The van der Waals surface area contributed by atoms with E-state index in [4.69, 9.17) is 11.6 Å². The number of nitrogens with zero attached hydrogens (tertiary/aromatic N) is 3. The fourth-order valence-electron chi connectivity index (χ4n) is 3.30. The first-order valence-electron chi connectivity index (χ1n) is 9.41. The van der Waals surface area contributed by atoms with Crippen molar-refractivity contribution in [1.29, 1.82) is 0 Å². The molecular formula is C20H24ClFN4O3S. The molecule has 1 aliphatic heterocycles. The van der Waals surface area contributed by atoms with Crippen molar-refractivity contribution in [3.8, 4) is 0 Å². The second kappa shape index (κ2) is 9.30. The van der Waals surface area contributed by atoms with E-state index in [1.165, 1.54) is 22.5 Å². The Morgan fingerprint density at radius 2 is 1.83 bits per heavy atom. The zero-order chi connectivity index (χ0) is 21.9. The van der Waals surface area contributed by atoms with E-state index in [0.29, 0.717) is 23.8 Å².